The van der Waals surface area contributed by atoms with Crippen LogP contribution < -0.4 is 9.62 Å². The van der Waals surface area contributed by atoms with Gasteiger partial charge >= 0.3 is 12.2 Å². The Balaban J connectivity index is 1.66. The number of sulfonamides is 1. The number of carbonyl (C=O) groups is 1. The van der Waals surface area contributed by atoms with Crippen molar-refractivity contribution in [3.63, 3.8) is 0 Å². The van der Waals surface area contributed by atoms with E-state index < -0.39 is 27.9 Å². The zero-order chi connectivity index (χ0) is 21.9. The predicted molar refractivity (Wildman–Crippen MR) is 102 cm³/mol. The third-order valence-electron chi connectivity index (χ3n) is 4.55. The van der Waals surface area contributed by atoms with Gasteiger partial charge in [-0.2, -0.15) is 13.2 Å². The summed E-state index contributed by atoms with van der Waals surface area (Å²) >= 11 is 0. The maximum Gasteiger partial charge on any atom is 0.433 e. The topological polar surface area (TPSA) is 95.5 Å². The molecule has 1 aliphatic rings. The van der Waals surface area contributed by atoms with Gasteiger partial charge in [-0.1, -0.05) is 17.7 Å². The summed E-state index contributed by atoms with van der Waals surface area (Å²) in [5.74, 6) is -0.0839. The molecule has 0 bridgehead atoms. The molecule has 1 N–H and O–H groups in total. The molecule has 2 amide bonds. The lowest BCUT2D eigenvalue weighted by molar-refractivity contribution is -0.141. The van der Waals surface area contributed by atoms with E-state index in [0.29, 0.717) is 13.0 Å². The number of urea groups is 1. The van der Waals surface area contributed by atoms with E-state index in [1.807, 2.05) is 11.6 Å². The van der Waals surface area contributed by atoms with Crippen molar-refractivity contribution in [3.8, 4) is 0 Å². The second-order valence-electron chi connectivity index (χ2n) is 6.79. The van der Waals surface area contributed by atoms with Crippen molar-refractivity contribution >= 4 is 22.0 Å². The van der Waals surface area contributed by atoms with Crippen LogP contribution in [0.5, 0.6) is 0 Å². The van der Waals surface area contributed by atoms with E-state index >= 15 is 0 Å². The largest absolute Gasteiger partial charge is 0.433 e. The number of nitrogens with zero attached hydrogens (tertiary/aromatic N) is 4. The monoisotopic (exact) mass is 443 g/mol. The van der Waals surface area contributed by atoms with Crippen molar-refractivity contribution in [1.82, 2.24) is 19.6 Å². The van der Waals surface area contributed by atoms with Gasteiger partial charge in [-0.25, -0.2) is 27.9 Å². The van der Waals surface area contributed by atoms with Gasteiger partial charge in [0.2, 0.25) is 5.95 Å². The second-order valence-corrected chi connectivity index (χ2v) is 8.47. The molecule has 2 heterocycles. The highest BCUT2D eigenvalue weighted by atomic mass is 32.2. The molecule has 162 valence electrons. The average molecular weight is 443 g/mol. The zero-order valence-corrected chi connectivity index (χ0v) is 16.9. The maximum atomic E-state index is 12.9. The number of anilines is 1. The van der Waals surface area contributed by atoms with E-state index in [0.717, 1.165) is 17.8 Å². The molecule has 0 radical (unpaired) electrons. The SMILES string of the molecule is Cc1ccc(S(=O)(=O)NC(=O)N2CCCN(c3nccc(C(F)(F)F)n3)CC2)cc1. The summed E-state index contributed by atoms with van der Waals surface area (Å²) in [6.45, 7) is 2.65. The number of hydrogen-bond acceptors (Lipinski definition) is 6. The Kier molecular flexibility index (Phi) is 6.15. The van der Waals surface area contributed by atoms with Gasteiger partial charge in [-0.3, -0.25) is 0 Å². The lowest BCUT2D eigenvalue weighted by Crippen LogP contribution is -2.44. The van der Waals surface area contributed by atoms with Crippen LogP contribution in [-0.2, 0) is 16.2 Å². The molecule has 1 saturated heterocycles. The molecule has 12 heteroatoms. The number of nitrogens with one attached hydrogen (secondary N) is 1. The quantitative estimate of drug-likeness (QED) is 0.783. The molecule has 0 unspecified atom stereocenters. The van der Waals surface area contributed by atoms with Crippen LogP contribution in [0.25, 0.3) is 0 Å². The fourth-order valence-corrected chi connectivity index (χ4v) is 3.91. The summed E-state index contributed by atoms with van der Waals surface area (Å²) in [7, 11) is -4.03. The third-order valence-corrected chi connectivity index (χ3v) is 5.89. The molecular weight excluding hydrogens is 423 g/mol. The molecule has 0 saturated carbocycles. The number of aryl methyl sites for hydroxylation is 1. The Morgan fingerprint density at radius 2 is 1.77 bits per heavy atom. The number of aromatic nitrogens is 2. The van der Waals surface area contributed by atoms with Crippen LogP contribution in [0.1, 0.15) is 17.7 Å². The van der Waals surface area contributed by atoms with Crippen LogP contribution >= 0.6 is 0 Å². The molecule has 1 fully saturated rings. The molecule has 1 aromatic heterocycles. The van der Waals surface area contributed by atoms with E-state index in [9.17, 15) is 26.4 Å². The highest BCUT2D eigenvalue weighted by molar-refractivity contribution is 7.90. The fraction of sp³-hybridized carbons (Fsp3) is 0.389. The average Bonchev–Trinajstić information content (AvgIpc) is 2.94. The van der Waals surface area contributed by atoms with Crippen molar-refractivity contribution in [3.05, 3.63) is 47.8 Å². The smallest absolute Gasteiger partial charge is 0.339 e. The Bertz CT molecular complexity index is 1010. The van der Waals surface area contributed by atoms with E-state index in [2.05, 4.69) is 9.97 Å². The number of halogens is 3. The standard InChI is InChI=1S/C18H20F3N5O3S/c1-13-3-5-14(6-4-13)30(28,29)24-17(27)26-10-2-9-25(11-12-26)16-22-8-7-15(23-16)18(19,20)21/h3-8H,2,9-12H2,1H3,(H,24,27). The van der Waals surface area contributed by atoms with Gasteiger partial charge in [0.1, 0.15) is 5.69 Å². The van der Waals surface area contributed by atoms with E-state index in [4.69, 9.17) is 0 Å². The van der Waals surface area contributed by atoms with Crippen LogP contribution in [0.15, 0.2) is 41.4 Å². The predicted octanol–water partition coefficient (Wildman–Crippen LogP) is 2.41. The van der Waals surface area contributed by atoms with Crippen LogP contribution in [0.3, 0.4) is 0 Å². The molecule has 1 aliphatic heterocycles. The summed E-state index contributed by atoms with van der Waals surface area (Å²) in [5, 5.41) is 0. The highest BCUT2D eigenvalue weighted by Crippen LogP contribution is 2.28. The lowest BCUT2D eigenvalue weighted by atomic mass is 10.2. The van der Waals surface area contributed by atoms with Crippen molar-refractivity contribution in [1.29, 1.82) is 0 Å². The first-order valence-corrected chi connectivity index (χ1v) is 10.6. The summed E-state index contributed by atoms with van der Waals surface area (Å²) in [4.78, 5) is 22.7. The minimum atomic E-state index is -4.58. The molecule has 3 rings (SSSR count). The number of amides is 2. The number of carbonyl (C=O) groups excluding carboxylic acids is 1. The summed E-state index contributed by atoms with van der Waals surface area (Å²) < 4.78 is 65.5. The van der Waals surface area contributed by atoms with Crippen LogP contribution in [0, 0.1) is 6.92 Å². The first-order chi connectivity index (χ1) is 14.1. The van der Waals surface area contributed by atoms with E-state index in [-0.39, 0.29) is 30.5 Å². The number of rotatable bonds is 3. The maximum absolute atomic E-state index is 12.9. The van der Waals surface area contributed by atoms with Crippen LogP contribution in [0.4, 0.5) is 23.9 Å². The van der Waals surface area contributed by atoms with Crippen molar-refractivity contribution in [2.45, 2.75) is 24.4 Å². The zero-order valence-electron chi connectivity index (χ0n) is 16.1. The Hall–Kier alpha value is -2.89. The Morgan fingerprint density at radius 3 is 2.43 bits per heavy atom. The van der Waals surface area contributed by atoms with E-state index in [1.165, 1.54) is 21.9 Å². The first-order valence-electron chi connectivity index (χ1n) is 9.10. The molecule has 1 aromatic carbocycles. The Labute approximate surface area is 171 Å². The second kappa shape index (κ2) is 8.46. The summed E-state index contributed by atoms with van der Waals surface area (Å²) in [6.07, 6.45) is -3.13. The molecule has 8 nitrogen and oxygen atoms in total. The first kappa shape index (κ1) is 21.8. The van der Waals surface area contributed by atoms with Gasteiger partial charge in [0.15, 0.2) is 0 Å². The molecule has 30 heavy (non-hydrogen) atoms. The number of hydrogen-bond donors (Lipinski definition) is 1. The Morgan fingerprint density at radius 1 is 1.07 bits per heavy atom. The van der Waals surface area contributed by atoms with Crippen molar-refractivity contribution in [2.24, 2.45) is 0 Å². The van der Waals surface area contributed by atoms with Gasteiger partial charge < -0.3 is 9.80 Å². The van der Waals surface area contributed by atoms with Gasteiger partial charge in [-0.05, 0) is 31.5 Å². The third kappa shape index (κ3) is 5.17. The molecular formula is C18H20F3N5O3S. The lowest BCUT2D eigenvalue weighted by Gasteiger charge is -2.22. The summed E-state index contributed by atoms with van der Waals surface area (Å²) in [6, 6.07) is 6.05. The molecule has 2 aromatic rings. The van der Waals surface area contributed by atoms with Gasteiger partial charge in [0.25, 0.3) is 10.0 Å². The van der Waals surface area contributed by atoms with Gasteiger partial charge in [0.05, 0.1) is 4.90 Å². The normalized spacial score (nSPS) is 15.6. The van der Waals surface area contributed by atoms with Crippen LogP contribution in [-0.4, -0.2) is 55.5 Å². The van der Waals surface area contributed by atoms with E-state index in [1.54, 1.807) is 12.1 Å². The number of benzene rings is 1. The van der Waals surface area contributed by atoms with Gasteiger partial charge in [-0.15, -0.1) is 0 Å². The molecule has 0 spiro atoms. The summed E-state index contributed by atoms with van der Waals surface area (Å²) in [5.41, 5.74) is -0.166. The van der Waals surface area contributed by atoms with Gasteiger partial charge in [0, 0.05) is 32.4 Å². The van der Waals surface area contributed by atoms with Crippen LogP contribution in [0.2, 0.25) is 0 Å². The molecule has 0 atom stereocenters. The van der Waals surface area contributed by atoms with Crippen molar-refractivity contribution in [2.75, 3.05) is 31.1 Å². The molecule has 0 aliphatic carbocycles. The minimum absolute atomic E-state index is 0.0322. The highest BCUT2D eigenvalue weighted by Gasteiger charge is 2.33. The van der Waals surface area contributed by atoms with Crippen molar-refractivity contribution < 1.29 is 26.4 Å². The minimum Gasteiger partial charge on any atom is -0.339 e. The fourth-order valence-electron chi connectivity index (χ4n) is 2.94. The number of alkyl halides is 3.